The van der Waals surface area contributed by atoms with Gasteiger partial charge in [0.25, 0.3) is 6.01 Å². The number of pyridine rings is 1. The topological polar surface area (TPSA) is 51.0 Å². The maximum Gasteiger partial charge on any atom is 0.295 e. The van der Waals surface area contributed by atoms with Crippen LogP contribution in [0.2, 0.25) is 5.02 Å². The van der Waals surface area contributed by atoms with Crippen LogP contribution >= 0.6 is 11.6 Å². The van der Waals surface area contributed by atoms with Gasteiger partial charge >= 0.3 is 0 Å². The van der Waals surface area contributed by atoms with E-state index < -0.39 is 0 Å². The lowest BCUT2D eigenvalue weighted by Crippen LogP contribution is -1.99. The second-order valence-electron chi connectivity index (χ2n) is 3.85. The highest BCUT2D eigenvalue weighted by molar-refractivity contribution is 6.31. The minimum Gasteiger partial charge on any atom is -0.424 e. The average Bonchev–Trinajstić information content (AvgIpc) is 2.79. The zero-order chi connectivity index (χ0) is 12.4. The van der Waals surface area contributed by atoms with Crippen LogP contribution < -0.4 is 5.32 Å². The summed E-state index contributed by atoms with van der Waals surface area (Å²) in [7, 11) is 0. The molecule has 0 saturated carbocycles. The van der Waals surface area contributed by atoms with E-state index in [9.17, 15) is 0 Å². The third-order valence-electron chi connectivity index (χ3n) is 2.52. The van der Waals surface area contributed by atoms with E-state index in [0.29, 0.717) is 23.2 Å². The SMILES string of the molecule is Clc1ccc2oc(NCc3cccnc3)nc2c1. The molecule has 0 atom stereocenters. The Morgan fingerprint density at radius 2 is 2.22 bits per heavy atom. The van der Waals surface area contributed by atoms with Crippen LogP contribution in [0.15, 0.2) is 47.1 Å². The third-order valence-corrected chi connectivity index (χ3v) is 2.75. The first kappa shape index (κ1) is 11.0. The van der Waals surface area contributed by atoms with Crippen molar-refractivity contribution in [3.8, 4) is 0 Å². The fourth-order valence-corrected chi connectivity index (χ4v) is 1.82. The Kier molecular flexibility index (Phi) is 2.86. The molecule has 0 bridgehead atoms. The van der Waals surface area contributed by atoms with Crippen molar-refractivity contribution < 1.29 is 4.42 Å². The van der Waals surface area contributed by atoms with Crippen molar-refractivity contribution in [2.24, 2.45) is 0 Å². The first-order valence-electron chi connectivity index (χ1n) is 5.50. The molecule has 5 heteroatoms. The standard InChI is InChI=1S/C13H10ClN3O/c14-10-3-4-12-11(6-10)17-13(18-12)16-8-9-2-1-5-15-7-9/h1-7H,8H2,(H,16,17). The summed E-state index contributed by atoms with van der Waals surface area (Å²) in [6, 6.07) is 9.72. The number of fused-ring (bicyclic) bond motifs is 1. The van der Waals surface area contributed by atoms with Gasteiger partial charge in [0.15, 0.2) is 5.58 Å². The van der Waals surface area contributed by atoms with E-state index >= 15 is 0 Å². The quantitative estimate of drug-likeness (QED) is 0.782. The number of aromatic nitrogens is 2. The Hall–Kier alpha value is -2.07. The number of hydrogen-bond donors (Lipinski definition) is 1. The van der Waals surface area contributed by atoms with Crippen LogP contribution in [0.1, 0.15) is 5.56 Å². The molecule has 0 aliphatic heterocycles. The van der Waals surface area contributed by atoms with E-state index in [0.717, 1.165) is 11.1 Å². The van der Waals surface area contributed by atoms with Crippen LogP contribution in [0, 0.1) is 0 Å². The Balaban J connectivity index is 1.79. The number of anilines is 1. The number of halogens is 1. The average molecular weight is 260 g/mol. The molecule has 4 nitrogen and oxygen atoms in total. The van der Waals surface area contributed by atoms with E-state index in [-0.39, 0.29) is 0 Å². The van der Waals surface area contributed by atoms with Gasteiger partial charge in [-0.3, -0.25) is 4.98 Å². The maximum absolute atomic E-state index is 5.89. The maximum atomic E-state index is 5.89. The van der Waals surface area contributed by atoms with E-state index in [1.165, 1.54) is 0 Å². The number of nitrogens with one attached hydrogen (secondary N) is 1. The van der Waals surface area contributed by atoms with E-state index in [1.54, 1.807) is 30.6 Å². The molecule has 0 radical (unpaired) electrons. The molecule has 2 aromatic heterocycles. The van der Waals surface area contributed by atoms with Gasteiger partial charge in [0, 0.05) is 24.0 Å². The molecule has 1 N–H and O–H groups in total. The summed E-state index contributed by atoms with van der Waals surface area (Å²) in [4.78, 5) is 8.35. The van der Waals surface area contributed by atoms with Gasteiger partial charge in [-0.25, -0.2) is 0 Å². The van der Waals surface area contributed by atoms with Gasteiger partial charge in [0.1, 0.15) is 5.52 Å². The van der Waals surface area contributed by atoms with Crippen molar-refractivity contribution in [2.45, 2.75) is 6.54 Å². The number of rotatable bonds is 3. The number of hydrogen-bond acceptors (Lipinski definition) is 4. The normalized spacial score (nSPS) is 10.7. The molecule has 2 heterocycles. The minimum atomic E-state index is 0.483. The van der Waals surface area contributed by atoms with Crippen LogP contribution in [0.4, 0.5) is 6.01 Å². The molecule has 0 aliphatic carbocycles. The van der Waals surface area contributed by atoms with Gasteiger partial charge < -0.3 is 9.73 Å². The van der Waals surface area contributed by atoms with Crippen molar-refractivity contribution in [3.63, 3.8) is 0 Å². The molecule has 18 heavy (non-hydrogen) atoms. The molecule has 0 fully saturated rings. The van der Waals surface area contributed by atoms with Crippen molar-refractivity contribution in [2.75, 3.05) is 5.32 Å². The molecule has 0 amide bonds. The predicted octanol–water partition coefficient (Wildman–Crippen LogP) is 3.49. The first-order valence-corrected chi connectivity index (χ1v) is 5.88. The molecular weight excluding hydrogens is 250 g/mol. The van der Waals surface area contributed by atoms with Crippen LogP contribution in [0.3, 0.4) is 0 Å². The lowest BCUT2D eigenvalue weighted by Gasteiger charge is -2.00. The minimum absolute atomic E-state index is 0.483. The summed E-state index contributed by atoms with van der Waals surface area (Å²) >= 11 is 5.89. The fourth-order valence-electron chi connectivity index (χ4n) is 1.66. The lowest BCUT2D eigenvalue weighted by molar-refractivity contribution is 0.614. The molecule has 3 rings (SSSR count). The van der Waals surface area contributed by atoms with E-state index in [4.69, 9.17) is 16.0 Å². The van der Waals surface area contributed by atoms with Crippen LogP contribution in [0.25, 0.3) is 11.1 Å². The zero-order valence-electron chi connectivity index (χ0n) is 9.43. The van der Waals surface area contributed by atoms with E-state index in [2.05, 4.69) is 15.3 Å². The summed E-state index contributed by atoms with van der Waals surface area (Å²) < 4.78 is 5.54. The Bertz CT molecular complexity index is 666. The predicted molar refractivity (Wildman–Crippen MR) is 70.6 cm³/mol. The van der Waals surface area contributed by atoms with Crippen LogP contribution in [-0.2, 0) is 6.54 Å². The summed E-state index contributed by atoms with van der Waals surface area (Å²) in [5.41, 5.74) is 2.53. The highest BCUT2D eigenvalue weighted by atomic mass is 35.5. The summed E-state index contributed by atoms with van der Waals surface area (Å²) in [6.45, 7) is 0.619. The van der Waals surface area contributed by atoms with Gasteiger partial charge in [-0.15, -0.1) is 0 Å². The van der Waals surface area contributed by atoms with Gasteiger partial charge in [-0.2, -0.15) is 4.98 Å². The molecule has 0 saturated heterocycles. The van der Waals surface area contributed by atoms with Crippen LogP contribution in [0.5, 0.6) is 0 Å². The number of oxazole rings is 1. The molecule has 0 unspecified atom stereocenters. The Labute approximate surface area is 109 Å². The fraction of sp³-hybridized carbons (Fsp3) is 0.0769. The smallest absolute Gasteiger partial charge is 0.295 e. The molecule has 0 spiro atoms. The zero-order valence-corrected chi connectivity index (χ0v) is 10.2. The molecular formula is C13H10ClN3O. The lowest BCUT2D eigenvalue weighted by atomic mass is 10.3. The van der Waals surface area contributed by atoms with Crippen molar-refractivity contribution in [1.82, 2.24) is 9.97 Å². The van der Waals surface area contributed by atoms with Crippen LogP contribution in [-0.4, -0.2) is 9.97 Å². The monoisotopic (exact) mass is 259 g/mol. The molecule has 3 aromatic rings. The van der Waals surface area contributed by atoms with Crippen molar-refractivity contribution in [1.29, 1.82) is 0 Å². The van der Waals surface area contributed by atoms with Gasteiger partial charge in [0.2, 0.25) is 0 Å². The van der Waals surface area contributed by atoms with Gasteiger partial charge in [0.05, 0.1) is 0 Å². The highest BCUT2D eigenvalue weighted by Gasteiger charge is 2.05. The largest absolute Gasteiger partial charge is 0.424 e. The van der Waals surface area contributed by atoms with Crippen molar-refractivity contribution in [3.05, 3.63) is 53.3 Å². The van der Waals surface area contributed by atoms with E-state index in [1.807, 2.05) is 12.1 Å². The van der Waals surface area contributed by atoms with Gasteiger partial charge in [-0.05, 0) is 29.8 Å². The number of nitrogens with zero attached hydrogens (tertiary/aromatic N) is 2. The summed E-state index contributed by atoms with van der Waals surface area (Å²) in [5, 5.41) is 3.76. The molecule has 1 aromatic carbocycles. The third kappa shape index (κ3) is 2.28. The second-order valence-corrected chi connectivity index (χ2v) is 4.28. The van der Waals surface area contributed by atoms with Gasteiger partial charge in [-0.1, -0.05) is 17.7 Å². The summed E-state index contributed by atoms with van der Waals surface area (Å²) in [5.74, 6) is 0. The summed E-state index contributed by atoms with van der Waals surface area (Å²) in [6.07, 6.45) is 3.54. The molecule has 0 aliphatic rings. The first-order chi connectivity index (χ1) is 8.81. The Morgan fingerprint density at radius 3 is 3.06 bits per heavy atom. The highest BCUT2D eigenvalue weighted by Crippen LogP contribution is 2.22. The number of benzene rings is 1. The Morgan fingerprint density at radius 1 is 1.28 bits per heavy atom. The van der Waals surface area contributed by atoms with Crippen molar-refractivity contribution >= 4 is 28.7 Å². The molecule has 90 valence electrons. The second kappa shape index (κ2) is 4.66.